The highest BCUT2D eigenvalue weighted by atomic mass is 19.1. The number of halogens is 1. The van der Waals surface area contributed by atoms with E-state index in [-0.39, 0.29) is 12.6 Å². The topological polar surface area (TPSA) is 65.9 Å². The van der Waals surface area contributed by atoms with E-state index in [4.69, 9.17) is 11.0 Å². The summed E-state index contributed by atoms with van der Waals surface area (Å²) >= 11 is 0. The van der Waals surface area contributed by atoms with Crippen molar-refractivity contribution < 1.29 is 4.39 Å². The summed E-state index contributed by atoms with van der Waals surface area (Å²) in [7, 11) is 0. The van der Waals surface area contributed by atoms with Crippen LogP contribution in [0.2, 0.25) is 0 Å². The lowest BCUT2D eigenvalue weighted by molar-refractivity contribution is 0.251. The van der Waals surface area contributed by atoms with Gasteiger partial charge in [0, 0.05) is 18.8 Å². The van der Waals surface area contributed by atoms with Gasteiger partial charge in [0.05, 0.1) is 12.1 Å². The zero-order chi connectivity index (χ0) is 11.5. The van der Waals surface area contributed by atoms with Gasteiger partial charge in [0.25, 0.3) is 0 Å². The molecule has 5 heteroatoms. The Bertz CT molecular complexity index is 397. The quantitative estimate of drug-likeness (QED) is 0.761. The number of nitrogens with zero attached hydrogens (tertiary/aromatic N) is 3. The minimum absolute atomic E-state index is 0.278. The first-order valence-electron chi connectivity index (χ1n) is 5.21. The molecule has 0 radical (unpaired) electrons. The van der Waals surface area contributed by atoms with Crippen molar-refractivity contribution in [2.24, 2.45) is 5.73 Å². The zero-order valence-electron chi connectivity index (χ0n) is 8.81. The largest absolute Gasteiger partial charge is 0.354 e. The molecule has 1 aliphatic heterocycles. The lowest BCUT2D eigenvalue weighted by Crippen LogP contribution is -2.48. The molecule has 1 aromatic heterocycles. The van der Waals surface area contributed by atoms with Gasteiger partial charge in [0.15, 0.2) is 0 Å². The van der Waals surface area contributed by atoms with E-state index in [0.29, 0.717) is 24.3 Å². The number of alkyl halides is 1. The number of pyridine rings is 1. The molecule has 84 valence electrons. The highest BCUT2D eigenvalue weighted by molar-refractivity contribution is 5.42. The van der Waals surface area contributed by atoms with Crippen LogP contribution in [0.3, 0.4) is 0 Å². The fraction of sp³-hybridized carbons (Fsp3) is 0.455. The minimum Gasteiger partial charge on any atom is -0.354 e. The van der Waals surface area contributed by atoms with Crippen molar-refractivity contribution >= 4 is 5.82 Å². The molecule has 0 aromatic carbocycles. The van der Waals surface area contributed by atoms with E-state index >= 15 is 0 Å². The Kier molecular flexibility index (Phi) is 3.02. The van der Waals surface area contributed by atoms with E-state index in [2.05, 4.69) is 4.98 Å². The van der Waals surface area contributed by atoms with Gasteiger partial charge in [0.2, 0.25) is 0 Å². The first kappa shape index (κ1) is 10.8. The molecule has 0 bridgehead atoms. The average Bonchev–Trinajstić information content (AvgIpc) is 2.33. The first-order chi connectivity index (χ1) is 7.70. The molecule has 2 heterocycles. The third-order valence-electron chi connectivity index (χ3n) is 2.79. The molecule has 2 N–H and O–H groups in total. The SMILES string of the molecule is N#Cc1ccc(N2CCC(N)C(F)C2)nc1. The van der Waals surface area contributed by atoms with Gasteiger partial charge in [0.1, 0.15) is 18.1 Å². The molecule has 0 aliphatic carbocycles. The molecule has 0 spiro atoms. The number of hydrogen-bond donors (Lipinski definition) is 1. The van der Waals surface area contributed by atoms with Gasteiger partial charge in [-0.25, -0.2) is 9.37 Å². The van der Waals surface area contributed by atoms with Crippen molar-refractivity contribution in [1.82, 2.24) is 4.98 Å². The zero-order valence-corrected chi connectivity index (χ0v) is 8.81. The summed E-state index contributed by atoms with van der Waals surface area (Å²) in [6.45, 7) is 0.987. The first-order valence-corrected chi connectivity index (χ1v) is 5.21. The second-order valence-electron chi connectivity index (χ2n) is 3.93. The van der Waals surface area contributed by atoms with Gasteiger partial charge in [-0.3, -0.25) is 0 Å². The Morgan fingerprint density at radius 1 is 1.56 bits per heavy atom. The van der Waals surface area contributed by atoms with Gasteiger partial charge in [-0.1, -0.05) is 0 Å². The third kappa shape index (κ3) is 2.12. The maximum atomic E-state index is 13.4. The summed E-state index contributed by atoms with van der Waals surface area (Å²) < 4.78 is 13.4. The van der Waals surface area contributed by atoms with E-state index in [0.717, 1.165) is 0 Å². The number of rotatable bonds is 1. The van der Waals surface area contributed by atoms with Crippen LogP contribution in [-0.2, 0) is 0 Å². The highest BCUT2D eigenvalue weighted by Gasteiger charge is 2.26. The molecule has 2 unspecified atom stereocenters. The summed E-state index contributed by atoms with van der Waals surface area (Å²) in [5, 5.41) is 8.64. The Labute approximate surface area is 93.5 Å². The smallest absolute Gasteiger partial charge is 0.133 e. The van der Waals surface area contributed by atoms with E-state index in [1.165, 1.54) is 6.20 Å². The maximum absolute atomic E-state index is 13.4. The fourth-order valence-electron chi connectivity index (χ4n) is 1.77. The molecular weight excluding hydrogens is 207 g/mol. The van der Waals surface area contributed by atoms with Crippen LogP contribution < -0.4 is 10.6 Å². The van der Waals surface area contributed by atoms with Crippen molar-refractivity contribution in [1.29, 1.82) is 5.26 Å². The molecule has 4 nitrogen and oxygen atoms in total. The fourth-order valence-corrected chi connectivity index (χ4v) is 1.77. The molecule has 2 atom stereocenters. The van der Waals surface area contributed by atoms with Gasteiger partial charge in [-0.05, 0) is 18.6 Å². The Balaban J connectivity index is 2.10. The van der Waals surface area contributed by atoms with E-state index in [9.17, 15) is 4.39 Å². The Hall–Kier alpha value is -1.67. The second-order valence-corrected chi connectivity index (χ2v) is 3.93. The summed E-state index contributed by atoms with van der Waals surface area (Å²) in [6, 6.07) is 5.05. The lowest BCUT2D eigenvalue weighted by atomic mass is 10.0. The number of piperidine rings is 1. The number of aromatic nitrogens is 1. The predicted octanol–water partition coefficient (Wildman–Crippen LogP) is 0.829. The summed E-state index contributed by atoms with van der Waals surface area (Å²) in [6.07, 6.45) is 1.12. The third-order valence-corrected chi connectivity index (χ3v) is 2.79. The van der Waals surface area contributed by atoms with Crippen molar-refractivity contribution in [2.75, 3.05) is 18.0 Å². The van der Waals surface area contributed by atoms with Crippen molar-refractivity contribution in [2.45, 2.75) is 18.6 Å². The molecule has 1 aromatic rings. The maximum Gasteiger partial charge on any atom is 0.133 e. The van der Waals surface area contributed by atoms with Crippen LogP contribution in [0.5, 0.6) is 0 Å². The summed E-state index contributed by atoms with van der Waals surface area (Å²) in [5.74, 6) is 0.702. The molecule has 0 saturated carbocycles. The molecular formula is C11H13FN4. The molecule has 1 aliphatic rings. The van der Waals surface area contributed by atoms with Crippen LogP contribution in [0, 0.1) is 11.3 Å². The van der Waals surface area contributed by atoms with Gasteiger partial charge < -0.3 is 10.6 Å². The monoisotopic (exact) mass is 220 g/mol. The Morgan fingerprint density at radius 2 is 2.38 bits per heavy atom. The van der Waals surface area contributed by atoms with Crippen LogP contribution in [0.1, 0.15) is 12.0 Å². The van der Waals surface area contributed by atoms with Crippen molar-refractivity contribution in [3.63, 3.8) is 0 Å². The molecule has 16 heavy (non-hydrogen) atoms. The standard InChI is InChI=1S/C11H13FN4/c12-9-7-16(4-3-10(9)14)11-2-1-8(5-13)6-15-11/h1-2,6,9-10H,3-4,7,14H2. The van der Waals surface area contributed by atoms with Crippen LogP contribution in [0.4, 0.5) is 10.2 Å². The van der Waals surface area contributed by atoms with E-state index in [1.54, 1.807) is 12.1 Å². The predicted molar refractivity (Wildman–Crippen MR) is 58.7 cm³/mol. The molecule has 2 rings (SSSR count). The van der Waals surface area contributed by atoms with E-state index in [1.807, 2.05) is 11.0 Å². The molecule has 1 saturated heterocycles. The Morgan fingerprint density at radius 3 is 2.94 bits per heavy atom. The van der Waals surface area contributed by atoms with Gasteiger partial charge in [-0.15, -0.1) is 0 Å². The van der Waals surface area contributed by atoms with Crippen molar-refractivity contribution in [3.05, 3.63) is 23.9 Å². The number of anilines is 1. The second kappa shape index (κ2) is 4.45. The van der Waals surface area contributed by atoms with Crippen LogP contribution >= 0.6 is 0 Å². The normalized spacial score (nSPS) is 25.2. The van der Waals surface area contributed by atoms with E-state index < -0.39 is 6.17 Å². The van der Waals surface area contributed by atoms with Gasteiger partial charge >= 0.3 is 0 Å². The van der Waals surface area contributed by atoms with Crippen LogP contribution in [0.15, 0.2) is 18.3 Å². The molecule has 0 amide bonds. The summed E-state index contributed by atoms with van der Waals surface area (Å²) in [5.41, 5.74) is 6.11. The molecule has 1 fully saturated rings. The number of nitrogens with two attached hydrogens (primary N) is 1. The number of nitriles is 1. The van der Waals surface area contributed by atoms with Crippen molar-refractivity contribution in [3.8, 4) is 6.07 Å². The van der Waals surface area contributed by atoms with Gasteiger partial charge in [-0.2, -0.15) is 5.26 Å². The van der Waals surface area contributed by atoms with Crippen LogP contribution in [-0.4, -0.2) is 30.3 Å². The summed E-state index contributed by atoms with van der Waals surface area (Å²) in [4.78, 5) is 5.98. The lowest BCUT2D eigenvalue weighted by Gasteiger charge is -2.33. The minimum atomic E-state index is -1.01. The average molecular weight is 220 g/mol. The highest BCUT2D eigenvalue weighted by Crippen LogP contribution is 2.18. The number of hydrogen-bond acceptors (Lipinski definition) is 4. The van der Waals surface area contributed by atoms with Crippen LogP contribution in [0.25, 0.3) is 0 Å².